The number of hydrogen-bond acceptors (Lipinski definition) is 7. The van der Waals surface area contributed by atoms with Gasteiger partial charge in [0.05, 0.1) is 6.20 Å². The Balaban J connectivity index is 1.61. The molecule has 3 aromatic carbocycles. The second kappa shape index (κ2) is 10.2. The first-order valence-electron chi connectivity index (χ1n) is 12.4. The number of benzene rings is 3. The molecular weight excluding hydrogens is 480 g/mol. The monoisotopic (exact) mass is 508 g/mol. The largest absolute Gasteiger partial charge is 0.421 e. The molecule has 5 aromatic rings. The third kappa shape index (κ3) is 4.86. The Kier molecular flexibility index (Phi) is 6.66. The summed E-state index contributed by atoms with van der Waals surface area (Å²) in [5, 5.41) is 11.9. The molecule has 0 fully saturated rings. The van der Waals surface area contributed by atoms with Crippen LogP contribution in [0.1, 0.15) is 20.8 Å². The molecule has 0 spiro atoms. The molecule has 0 radical (unpaired) electrons. The summed E-state index contributed by atoms with van der Waals surface area (Å²) < 4.78 is 7.20. The maximum absolute atomic E-state index is 13.0. The van der Waals surface area contributed by atoms with Crippen LogP contribution in [0.15, 0.2) is 82.1 Å². The lowest BCUT2D eigenvalue weighted by Gasteiger charge is -2.25. The van der Waals surface area contributed by atoms with Crippen molar-refractivity contribution in [3.8, 4) is 28.1 Å². The molecule has 0 bridgehead atoms. The van der Waals surface area contributed by atoms with Gasteiger partial charge in [-0.1, -0.05) is 29.5 Å². The fraction of sp³-hybridized carbons (Fsp3) is 0.172. The SMILES string of the molecule is CCN(CC)c1cc2oc(=O)c(-n3cc(-c4ccc(N)cc4)nn3)cc2cc1-c1ccc(NC(C)=O)cc1. The molecule has 9 heteroatoms. The number of rotatable bonds is 7. The van der Waals surface area contributed by atoms with Crippen LogP contribution in [0, 0.1) is 0 Å². The zero-order valence-corrected chi connectivity index (χ0v) is 21.4. The van der Waals surface area contributed by atoms with Crippen LogP contribution in [0.3, 0.4) is 0 Å². The molecule has 0 aliphatic rings. The maximum atomic E-state index is 13.0. The lowest BCUT2D eigenvalue weighted by Crippen LogP contribution is -2.22. The van der Waals surface area contributed by atoms with Crippen LogP contribution in [0.4, 0.5) is 17.1 Å². The van der Waals surface area contributed by atoms with Crippen LogP contribution in [-0.2, 0) is 4.79 Å². The normalized spacial score (nSPS) is 11.0. The lowest BCUT2D eigenvalue weighted by molar-refractivity contribution is -0.114. The van der Waals surface area contributed by atoms with Crippen molar-refractivity contribution in [2.75, 3.05) is 29.0 Å². The Bertz CT molecular complexity index is 1670. The van der Waals surface area contributed by atoms with Crippen molar-refractivity contribution in [1.82, 2.24) is 15.0 Å². The summed E-state index contributed by atoms with van der Waals surface area (Å²) >= 11 is 0. The van der Waals surface area contributed by atoms with E-state index in [-0.39, 0.29) is 11.6 Å². The molecular formula is C29H28N6O3. The summed E-state index contributed by atoms with van der Waals surface area (Å²) in [5.74, 6) is -0.123. The van der Waals surface area contributed by atoms with Gasteiger partial charge in [0.1, 0.15) is 11.3 Å². The average Bonchev–Trinajstić information content (AvgIpc) is 3.39. The highest BCUT2D eigenvalue weighted by molar-refractivity contribution is 5.93. The van der Waals surface area contributed by atoms with Crippen LogP contribution in [0.25, 0.3) is 39.0 Å². The number of nitrogen functional groups attached to an aromatic ring is 1. The fourth-order valence-electron chi connectivity index (χ4n) is 4.47. The van der Waals surface area contributed by atoms with Gasteiger partial charge >= 0.3 is 5.63 Å². The van der Waals surface area contributed by atoms with Gasteiger partial charge in [0, 0.05) is 59.7 Å². The number of nitrogens with one attached hydrogen (secondary N) is 1. The zero-order chi connectivity index (χ0) is 26.8. The van der Waals surface area contributed by atoms with E-state index in [0.717, 1.165) is 46.5 Å². The first-order chi connectivity index (χ1) is 18.4. The number of amides is 1. The van der Waals surface area contributed by atoms with E-state index in [0.29, 0.717) is 17.0 Å². The number of carbonyl (C=O) groups excluding carboxylic acids is 1. The van der Waals surface area contributed by atoms with E-state index >= 15 is 0 Å². The second-order valence-electron chi connectivity index (χ2n) is 8.93. The van der Waals surface area contributed by atoms with Crippen LogP contribution >= 0.6 is 0 Å². The molecule has 192 valence electrons. The van der Waals surface area contributed by atoms with Crippen molar-refractivity contribution in [3.63, 3.8) is 0 Å². The highest BCUT2D eigenvalue weighted by atomic mass is 16.4. The number of nitrogens with two attached hydrogens (primary N) is 1. The van der Waals surface area contributed by atoms with Gasteiger partial charge in [-0.05, 0) is 55.8 Å². The topological polar surface area (TPSA) is 119 Å². The molecule has 1 amide bonds. The van der Waals surface area contributed by atoms with Gasteiger partial charge in [-0.2, -0.15) is 0 Å². The molecule has 9 nitrogen and oxygen atoms in total. The molecule has 0 atom stereocenters. The van der Waals surface area contributed by atoms with Crippen molar-refractivity contribution in [3.05, 3.63) is 83.3 Å². The maximum Gasteiger partial charge on any atom is 0.362 e. The Morgan fingerprint density at radius 1 is 1.00 bits per heavy atom. The zero-order valence-electron chi connectivity index (χ0n) is 21.4. The van der Waals surface area contributed by atoms with Crippen molar-refractivity contribution in [2.45, 2.75) is 20.8 Å². The number of hydrogen-bond donors (Lipinski definition) is 2. The quantitative estimate of drug-likeness (QED) is 0.232. The van der Waals surface area contributed by atoms with Crippen molar-refractivity contribution in [1.29, 1.82) is 0 Å². The molecule has 0 aliphatic heterocycles. The number of nitrogens with zero attached hydrogens (tertiary/aromatic N) is 4. The van der Waals surface area contributed by atoms with Crippen molar-refractivity contribution < 1.29 is 9.21 Å². The van der Waals surface area contributed by atoms with Gasteiger partial charge in [-0.3, -0.25) is 4.79 Å². The van der Waals surface area contributed by atoms with Gasteiger partial charge in [-0.25, -0.2) is 9.48 Å². The smallest absolute Gasteiger partial charge is 0.362 e. The van der Waals surface area contributed by atoms with Crippen molar-refractivity contribution >= 4 is 33.9 Å². The highest BCUT2D eigenvalue weighted by Gasteiger charge is 2.17. The van der Waals surface area contributed by atoms with Crippen molar-refractivity contribution in [2.24, 2.45) is 0 Å². The van der Waals surface area contributed by atoms with E-state index in [9.17, 15) is 9.59 Å². The number of carbonyl (C=O) groups is 1. The summed E-state index contributed by atoms with van der Waals surface area (Å²) in [4.78, 5) is 26.7. The van der Waals surface area contributed by atoms with E-state index in [2.05, 4.69) is 34.4 Å². The van der Waals surface area contributed by atoms with E-state index < -0.39 is 5.63 Å². The number of anilines is 3. The molecule has 2 heterocycles. The van der Waals surface area contributed by atoms with Crippen LogP contribution < -0.4 is 21.6 Å². The molecule has 5 rings (SSSR count). The number of aromatic nitrogens is 3. The predicted octanol–water partition coefficient (Wildman–Crippen LogP) is 5.09. The van der Waals surface area contributed by atoms with Gasteiger partial charge in [-0.15, -0.1) is 5.10 Å². The van der Waals surface area contributed by atoms with Crippen LogP contribution in [-0.4, -0.2) is 34.0 Å². The predicted molar refractivity (Wildman–Crippen MR) is 151 cm³/mol. The molecule has 2 aromatic heterocycles. The Morgan fingerprint density at radius 3 is 2.34 bits per heavy atom. The molecule has 0 aliphatic carbocycles. The average molecular weight is 509 g/mol. The second-order valence-corrected chi connectivity index (χ2v) is 8.93. The first kappa shape index (κ1) is 24.8. The molecule has 0 saturated heterocycles. The Morgan fingerprint density at radius 2 is 1.68 bits per heavy atom. The molecule has 0 unspecified atom stereocenters. The summed E-state index contributed by atoms with van der Waals surface area (Å²) in [6.45, 7) is 7.22. The first-order valence-corrected chi connectivity index (χ1v) is 12.4. The van der Waals surface area contributed by atoms with Gasteiger partial charge in [0.25, 0.3) is 0 Å². The summed E-state index contributed by atoms with van der Waals surface area (Å²) in [7, 11) is 0. The van der Waals surface area contributed by atoms with Crippen LogP contribution in [0.2, 0.25) is 0 Å². The molecule has 0 saturated carbocycles. The lowest BCUT2D eigenvalue weighted by atomic mass is 10.00. The van der Waals surface area contributed by atoms with Gasteiger partial charge in [0.15, 0.2) is 5.69 Å². The van der Waals surface area contributed by atoms with E-state index in [4.69, 9.17) is 10.2 Å². The standard InChI is InChI=1S/C29H28N6O3/c1-4-34(5-2)26-16-28-21(14-24(26)19-8-12-23(13-9-19)31-18(3)36)15-27(29(37)38-28)35-17-25(32-33-35)20-6-10-22(30)11-7-20/h6-17H,4-5,30H2,1-3H3,(H,31,36). The minimum absolute atomic E-state index is 0.123. The molecule has 38 heavy (non-hydrogen) atoms. The third-order valence-corrected chi connectivity index (χ3v) is 6.40. The van der Waals surface area contributed by atoms with Gasteiger partial charge in [0.2, 0.25) is 5.91 Å². The van der Waals surface area contributed by atoms with Gasteiger partial charge < -0.3 is 20.4 Å². The molecule has 3 N–H and O–H groups in total. The summed E-state index contributed by atoms with van der Waals surface area (Å²) in [6, 6.07) is 20.7. The Hall–Kier alpha value is -4.92. The Labute approximate surface area is 219 Å². The van der Waals surface area contributed by atoms with E-state index in [1.807, 2.05) is 48.5 Å². The van der Waals surface area contributed by atoms with Crippen LogP contribution in [0.5, 0.6) is 0 Å². The van der Waals surface area contributed by atoms with E-state index in [1.165, 1.54) is 11.6 Å². The summed E-state index contributed by atoms with van der Waals surface area (Å²) in [5.41, 5.74) is 11.8. The summed E-state index contributed by atoms with van der Waals surface area (Å²) in [6.07, 6.45) is 1.69. The minimum Gasteiger partial charge on any atom is -0.421 e. The third-order valence-electron chi connectivity index (χ3n) is 6.40. The fourth-order valence-corrected chi connectivity index (χ4v) is 4.47. The van der Waals surface area contributed by atoms with E-state index in [1.54, 1.807) is 24.4 Å². The minimum atomic E-state index is -0.510. The number of fused-ring (bicyclic) bond motifs is 1. The highest BCUT2D eigenvalue weighted by Crippen LogP contribution is 2.36.